The van der Waals surface area contributed by atoms with Crippen molar-refractivity contribution in [1.29, 1.82) is 0 Å². The first-order valence-corrected chi connectivity index (χ1v) is 6.39. The molecule has 5 heteroatoms. The minimum atomic E-state index is -0.265. The fraction of sp³-hybridized carbons (Fsp3) is 0.250. The summed E-state index contributed by atoms with van der Waals surface area (Å²) in [6.07, 6.45) is 1.97. The number of aryl methyl sites for hydroxylation is 2. The average Bonchev–Trinajstić information content (AvgIpc) is 2.59. The molecular weight excluding hydrogens is 237 g/mol. The maximum absolute atomic E-state index is 13.9. The molecule has 0 fully saturated rings. The normalized spacial score (nSPS) is 10.8. The molecule has 0 aliphatic heterocycles. The molecule has 2 rings (SSSR count). The molecule has 2 aromatic rings. The van der Waals surface area contributed by atoms with Crippen molar-refractivity contribution < 1.29 is 4.39 Å². The molecule has 0 bridgehead atoms. The van der Waals surface area contributed by atoms with Gasteiger partial charge in [-0.3, -0.25) is 4.68 Å². The molecule has 0 unspecified atom stereocenters. The van der Waals surface area contributed by atoms with Gasteiger partial charge in [-0.05, 0) is 30.9 Å². The number of anilines is 1. The summed E-state index contributed by atoms with van der Waals surface area (Å²) in [5.41, 5.74) is 7.69. The van der Waals surface area contributed by atoms with Crippen molar-refractivity contribution in [3.8, 4) is 11.3 Å². The Bertz CT molecular complexity index is 544. The second-order valence-electron chi connectivity index (χ2n) is 3.88. The van der Waals surface area contributed by atoms with Crippen LogP contribution in [-0.2, 0) is 7.05 Å². The number of rotatable bonds is 2. The summed E-state index contributed by atoms with van der Waals surface area (Å²) in [5.74, 6) is 0.254. The van der Waals surface area contributed by atoms with E-state index in [1.807, 2.05) is 19.2 Å². The van der Waals surface area contributed by atoms with E-state index in [1.54, 1.807) is 24.9 Å². The molecule has 1 heterocycles. The smallest absolute Gasteiger partial charge is 0.133 e. The minimum Gasteiger partial charge on any atom is -0.384 e. The Balaban J connectivity index is 2.58. The van der Waals surface area contributed by atoms with Gasteiger partial charge in [0.05, 0.1) is 5.69 Å². The predicted octanol–water partition coefficient (Wildman–Crippen LogP) is 2.84. The van der Waals surface area contributed by atoms with Crippen LogP contribution in [0.2, 0.25) is 0 Å². The zero-order chi connectivity index (χ0) is 12.6. The van der Waals surface area contributed by atoms with Gasteiger partial charge in [-0.1, -0.05) is 0 Å². The van der Waals surface area contributed by atoms with Gasteiger partial charge in [0, 0.05) is 23.6 Å². The highest BCUT2D eigenvalue weighted by Gasteiger charge is 2.12. The second kappa shape index (κ2) is 4.41. The van der Waals surface area contributed by atoms with Crippen molar-refractivity contribution in [2.75, 3.05) is 12.0 Å². The average molecular weight is 251 g/mol. The fourth-order valence-corrected chi connectivity index (χ4v) is 2.30. The molecule has 0 radical (unpaired) electrons. The van der Waals surface area contributed by atoms with Crippen LogP contribution in [-0.4, -0.2) is 16.0 Å². The molecular formula is C12H14FN3S. The minimum absolute atomic E-state index is 0.265. The van der Waals surface area contributed by atoms with Gasteiger partial charge in [0.2, 0.25) is 0 Å². The highest BCUT2D eigenvalue weighted by atomic mass is 32.2. The first kappa shape index (κ1) is 12.0. The number of nitrogens with two attached hydrogens (primary N) is 1. The zero-order valence-corrected chi connectivity index (χ0v) is 10.8. The number of nitrogen functional groups attached to an aromatic ring is 1. The topological polar surface area (TPSA) is 43.8 Å². The lowest BCUT2D eigenvalue weighted by Crippen LogP contribution is -1.96. The summed E-state index contributed by atoms with van der Waals surface area (Å²) in [4.78, 5) is 1.05. The zero-order valence-electron chi connectivity index (χ0n) is 9.99. The summed E-state index contributed by atoms with van der Waals surface area (Å²) < 4.78 is 15.4. The Kier molecular flexibility index (Phi) is 3.11. The van der Waals surface area contributed by atoms with Crippen LogP contribution in [0, 0.1) is 12.7 Å². The maximum Gasteiger partial charge on any atom is 0.133 e. The van der Waals surface area contributed by atoms with E-state index in [9.17, 15) is 4.39 Å². The number of nitrogens with zero attached hydrogens (tertiary/aromatic N) is 2. The van der Waals surface area contributed by atoms with Crippen molar-refractivity contribution in [3.63, 3.8) is 0 Å². The highest BCUT2D eigenvalue weighted by Crippen LogP contribution is 2.30. The third kappa shape index (κ3) is 2.15. The summed E-state index contributed by atoms with van der Waals surface area (Å²) >= 11 is 1.59. The molecule has 0 aliphatic rings. The molecule has 90 valence electrons. The third-order valence-electron chi connectivity index (χ3n) is 2.68. The number of hydrogen-bond acceptors (Lipinski definition) is 3. The molecule has 0 aliphatic carbocycles. The quantitative estimate of drug-likeness (QED) is 0.835. The highest BCUT2D eigenvalue weighted by molar-refractivity contribution is 7.98. The largest absolute Gasteiger partial charge is 0.384 e. The van der Waals surface area contributed by atoms with Crippen LogP contribution < -0.4 is 5.73 Å². The monoisotopic (exact) mass is 251 g/mol. The molecule has 17 heavy (non-hydrogen) atoms. The van der Waals surface area contributed by atoms with E-state index in [1.165, 1.54) is 10.7 Å². The molecule has 0 saturated heterocycles. The molecule has 0 atom stereocenters. The predicted molar refractivity (Wildman–Crippen MR) is 69.5 cm³/mol. The lowest BCUT2D eigenvalue weighted by Gasteiger charge is -2.06. The fourth-order valence-electron chi connectivity index (χ4n) is 1.68. The van der Waals surface area contributed by atoms with Gasteiger partial charge in [-0.2, -0.15) is 5.10 Å². The van der Waals surface area contributed by atoms with E-state index >= 15 is 0 Å². The van der Waals surface area contributed by atoms with E-state index in [0.29, 0.717) is 17.1 Å². The lowest BCUT2D eigenvalue weighted by atomic mass is 10.1. The summed E-state index contributed by atoms with van der Waals surface area (Å²) in [6.45, 7) is 1.89. The van der Waals surface area contributed by atoms with E-state index < -0.39 is 0 Å². The van der Waals surface area contributed by atoms with Crippen molar-refractivity contribution >= 4 is 17.6 Å². The first-order valence-electron chi connectivity index (χ1n) is 5.17. The number of halogens is 1. The van der Waals surface area contributed by atoms with Crippen molar-refractivity contribution in [3.05, 3.63) is 29.6 Å². The van der Waals surface area contributed by atoms with Crippen LogP contribution in [0.5, 0.6) is 0 Å². The lowest BCUT2D eigenvalue weighted by molar-refractivity contribution is 0.627. The van der Waals surface area contributed by atoms with Gasteiger partial charge in [-0.15, -0.1) is 11.8 Å². The maximum atomic E-state index is 13.9. The van der Waals surface area contributed by atoms with E-state index in [-0.39, 0.29) is 5.82 Å². The van der Waals surface area contributed by atoms with Crippen LogP contribution in [0.3, 0.4) is 0 Å². The molecule has 0 spiro atoms. The van der Waals surface area contributed by atoms with Crippen LogP contribution in [0.1, 0.15) is 5.56 Å². The Morgan fingerprint density at radius 3 is 2.59 bits per heavy atom. The van der Waals surface area contributed by atoms with Gasteiger partial charge in [0.1, 0.15) is 11.6 Å². The van der Waals surface area contributed by atoms with Crippen LogP contribution >= 0.6 is 11.8 Å². The van der Waals surface area contributed by atoms with E-state index in [2.05, 4.69) is 5.10 Å². The standard InChI is InChI=1S/C12H14FN3S/c1-7-4-9(13)8(5-11(7)17-3)10-6-12(14)16(2)15-10/h4-6H,14H2,1-3H3. The summed E-state index contributed by atoms with van der Waals surface area (Å²) in [5, 5.41) is 4.19. The van der Waals surface area contributed by atoms with Gasteiger partial charge >= 0.3 is 0 Å². The number of benzene rings is 1. The third-order valence-corrected chi connectivity index (χ3v) is 3.56. The number of aromatic nitrogens is 2. The van der Waals surface area contributed by atoms with Crippen LogP contribution in [0.15, 0.2) is 23.1 Å². The van der Waals surface area contributed by atoms with Gasteiger partial charge < -0.3 is 5.73 Å². The Labute approximate surface area is 104 Å². The molecule has 0 amide bonds. The van der Waals surface area contributed by atoms with Crippen molar-refractivity contribution in [2.45, 2.75) is 11.8 Å². The second-order valence-corrected chi connectivity index (χ2v) is 4.73. The van der Waals surface area contributed by atoms with E-state index in [0.717, 1.165) is 10.5 Å². The summed E-state index contributed by atoms with van der Waals surface area (Å²) in [7, 11) is 1.74. The first-order chi connectivity index (χ1) is 8.02. The molecule has 1 aromatic carbocycles. The Hall–Kier alpha value is -1.49. The van der Waals surface area contributed by atoms with Crippen LogP contribution in [0.25, 0.3) is 11.3 Å². The van der Waals surface area contributed by atoms with Gasteiger partial charge in [0.25, 0.3) is 0 Å². The number of hydrogen-bond donors (Lipinski definition) is 1. The van der Waals surface area contributed by atoms with Crippen molar-refractivity contribution in [1.82, 2.24) is 9.78 Å². The Morgan fingerprint density at radius 2 is 2.06 bits per heavy atom. The van der Waals surface area contributed by atoms with Crippen LogP contribution in [0.4, 0.5) is 10.2 Å². The van der Waals surface area contributed by atoms with Gasteiger partial charge in [0.15, 0.2) is 0 Å². The number of thioether (sulfide) groups is 1. The molecule has 3 nitrogen and oxygen atoms in total. The molecule has 0 saturated carbocycles. The van der Waals surface area contributed by atoms with Gasteiger partial charge in [-0.25, -0.2) is 4.39 Å². The molecule has 2 N–H and O–H groups in total. The summed E-state index contributed by atoms with van der Waals surface area (Å²) in [6, 6.07) is 5.03. The molecule has 1 aromatic heterocycles. The SMILES string of the molecule is CSc1cc(-c2cc(N)n(C)n2)c(F)cc1C. The van der Waals surface area contributed by atoms with Crippen molar-refractivity contribution in [2.24, 2.45) is 7.05 Å². The Morgan fingerprint density at radius 1 is 1.35 bits per heavy atom. The van der Waals surface area contributed by atoms with E-state index in [4.69, 9.17) is 5.73 Å².